The van der Waals surface area contributed by atoms with Gasteiger partial charge in [0.1, 0.15) is 0 Å². The smallest absolute Gasteiger partial charge is 0.271 e. The summed E-state index contributed by atoms with van der Waals surface area (Å²) in [7, 11) is -3.71. The lowest BCUT2D eigenvalue weighted by molar-refractivity contribution is 0.463. The molecule has 0 saturated carbocycles. The Bertz CT molecular complexity index is 225. The number of nitrogens with two attached hydrogens (primary N) is 1. The molecular weight excluding hydrogens is 185 g/mol. The van der Waals surface area contributed by atoms with Gasteiger partial charge in [0.2, 0.25) is 0 Å². The Kier molecular flexibility index (Phi) is 2.75. The van der Waals surface area contributed by atoms with E-state index in [-0.39, 0.29) is 0 Å². The highest BCUT2D eigenvalue weighted by atomic mass is 32.5. The van der Waals surface area contributed by atoms with E-state index in [1.54, 1.807) is 0 Å². The summed E-state index contributed by atoms with van der Waals surface area (Å²) in [6, 6.07) is 0. The molecule has 1 unspecified atom stereocenters. The van der Waals surface area contributed by atoms with E-state index in [9.17, 15) is 8.42 Å². The number of rotatable bonds is 2. The second kappa shape index (κ2) is 2.61. The van der Waals surface area contributed by atoms with Crippen LogP contribution in [-0.4, -0.2) is 19.6 Å². The molecule has 0 saturated heterocycles. The highest BCUT2D eigenvalue weighted by Crippen LogP contribution is 2.33. The van der Waals surface area contributed by atoms with Crippen molar-refractivity contribution in [1.82, 2.24) is 0 Å². The first kappa shape index (κ1) is 9.48. The molecule has 1 atom stereocenters. The van der Waals surface area contributed by atoms with Crippen LogP contribution < -0.4 is 5.50 Å². The molecule has 0 aliphatic rings. The van der Waals surface area contributed by atoms with Crippen molar-refractivity contribution >= 4 is 28.6 Å². The normalized spacial score (nSPS) is 19.0. The van der Waals surface area contributed by atoms with Crippen molar-refractivity contribution in [3.63, 3.8) is 0 Å². The topological polar surface area (TPSA) is 89.6 Å². The zero-order chi connectivity index (χ0) is 7.71. The second-order valence-corrected chi connectivity index (χ2v) is 6.05. The Morgan fingerprint density at radius 3 is 2.11 bits per heavy atom. The van der Waals surface area contributed by atoms with E-state index in [0.717, 1.165) is 6.26 Å². The van der Waals surface area contributed by atoms with Crippen LogP contribution in [0.2, 0.25) is 0 Å². The van der Waals surface area contributed by atoms with Crippen LogP contribution in [0.3, 0.4) is 0 Å². The molecule has 9 heavy (non-hydrogen) atoms. The van der Waals surface area contributed by atoms with Gasteiger partial charge in [0.05, 0.1) is 6.26 Å². The summed E-state index contributed by atoms with van der Waals surface area (Å²) in [5.41, 5.74) is 4.70. The number of hydrogen-bond donors (Lipinski definition) is 2. The molecule has 0 rings (SSSR count). The van der Waals surface area contributed by atoms with Gasteiger partial charge in [-0.05, 0) is 11.8 Å². The Labute approximate surface area is 58.2 Å². The van der Waals surface area contributed by atoms with Gasteiger partial charge in [-0.2, -0.15) is 12.4 Å². The Hall–Kier alpha value is 0.480. The first-order valence-electron chi connectivity index (χ1n) is 1.73. The molecule has 0 radical (unpaired) electrons. The Morgan fingerprint density at radius 2 is 2.11 bits per heavy atom. The SMILES string of the molecule is CS(=O)(=O)OP(N)(O)=S. The van der Waals surface area contributed by atoms with Gasteiger partial charge in [-0.25, -0.2) is 0 Å². The molecule has 3 N–H and O–H groups in total. The van der Waals surface area contributed by atoms with E-state index < -0.39 is 16.8 Å². The average molecular weight is 191 g/mol. The quantitative estimate of drug-likeness (QED) is 0.552. The molecule has 0 aliphatic carbocycles. The fraction of sp³-hybridized carbons (Fsp3) is 1.00. The van der Waals surface area contributed by atoms with E-state index in [1.165, 1.54) is 0 Å². The van der Waals surface area contributed by atoms with Crippen LogP contribution in [0, 0.1) is 0 Å². The van der Waals surface area contributed by atoms with Gasteiger partial charge in [-0.15, -0.1) is 0 Å². The summed E-state index contributed by atoms with van der Waals surface area (Å²) in [6.45, 7) is -3.54. The van der Waals surface area contributed by atoms with Crippen LogP contribution in [0.4, 0.5) is 0 Å². The summed E-state index contributed by atoms with van der Waals surface area (Å²) >= 11 is 4.08. The molecule has 56 valence electrons. The van der Waals surface area contributed by atoms with Crippen molar-refractivity contribution in [2.45, 2.75) is 0 Å². The maximum absolute atomic E-state index is 10.1. The van der Waals surface area contributed by atoms with Gasteiger partial charge in [0, 0.05) is 0 Å². The van der Waals surface area contributed by atoms with E-state index in [1.807, 2.05) is 0 Å². The lowest BCUT2D eigenvalue weighted by atomic mass is 12.0. The fourth-order valence-electron chi connectivity index (χ4n) is 0.194. The molecule has 0 aromatic rings. The van der Waals surface area contributed by atoms with Crippen molar-refractivity contribution in [2.75, 3.05) is 6.26 Å². The summed E-state index contributed by atoms with van der Waals surface area (Å²) in [4.78, 5) is 8.46. The average Bonchev–Trinajstić information content (AvgIpc) is 1.14. The van der Waals surface area contributed by atoms with Gasteiger partial charge in [0.25, 0.3) is 16.8 Å². The van der Waals surface area contributed by atoms with E-state index in [4.69, 9.17) is 10.4 Å². The summed E-state index contributed by atoms with van der Waals surface area (Å²) < 4.78 is 24.1. The van der Waals surface area contributed by atoms with Crippen molar-refractivity contribution in [3.8, 4) is 0 Å². The van der Waals surface area contributed by atoms with E-state index in [0.29, 0.717) is 0 Å². The molecule has 0 aromatic carbocycles. The number of hydrogen-bond acceptors (Lipinski definition) is 4. The van der Waals surface area contributed by atoms with Crippen LogP contribution in [0.25, 0.3) is 0 Å². The van der Waals surface area contributed by atoms with E-state index in [2.05, 4.69) is 15.8 Å². The molecule has 0 bridgehead atoms. The molecule has 0 amide bonds. The molecule has 8 heteroatoms. The zero-order valence-electron chi connectivity index (χ0n) is 4.51. The molecular formula is CH6NO4PS2. The third kappa shape index (κ3) is 8.48. The standard InChI is InChI=1S/CH6NO4PS2/c1-9(4,5)6-7(2,3)8/h1H3,(H3,2,3,8). The maximum Gasteiger partial charge on any atom is 0.271 e. The first-order chi connectivity index (χ1) is 3.71. The summed E-state index contributed by atoms with van der Waals surface area (Å²) in [5, 5.41) is 0. The van der Waals surface area contributed by atoms with Crippen LogP contribution in [-0.2, 0) is 25.9 Å². The van der Waals surface area contributed by atoms with Crippen molar-refractivity contribution in [2.24, 2.45) is 5.50 Å². The summed E-state index contributed by atoms with van der Waals surface area (Å²) in [6.07, 6.45) is 0.761. The minimum atomic E-state index is -3.71. The molecule has 0 spiro atoms. The van der Waals surface area contributed by atoms with Crippen LogP contribution in [0.1, 0.15) is 0 Å². The maximum atomic E-state index is 10.1. The fourth-order valence-corrected chi connectivity index (χ4v) is 2.74. The van der Waals surface area contributed by atoms with Gasteiger partial charge >= 0.3 is 0 Å². The predicted molar refractivity (Wildman–Crippen MR) is 36.6 cm³/mol. The third-order valence-electron chi connectivity index (χ3n) is 0.242. The van der Waals surface area contributed by atoms with E-state index >= 15 is 0 Å². The molecule has 0 aliphatic heterocycles. The van der Waals surface area contributed by atoms with Crippen LogP contribution >= 0.6 is 6.64 Å². The lowest BCUT2D eigenvalue weighted by Crippen LogP contribution is -2.05. The van der Waals surface area contributed by atoms with Gasteiger partial charge in [0.15, 0.2) is 0 Å². The van der Waals surface area contributed by atoms with Crippen LogP contribution in [0.5, 0.6) is 0 Å². The highest BCUT2D eigenvalue weighted by molar-refractivity contribution is 8.11. The minimum Gasteiger partial charge on any atom is -0.333 e. The second-order valence-electron chi connectivity index (χ2n) is 1.34. The highest BCUT2D eigenvalue weighted by Gasteiger charge is 2.13. The lowest BCUT2D eigenvalue weighted by Gasteiger charge is -2.04. The minimum absolute atomic E-state index is 0.761. The monoisotopic (exact) mass is 191 g/mol. The Balaban J connectivity index is 4.26. The van der Waals surface area contributed by atoms with Gasteiger partial charge in [-0.1, -0.05) is 0 Å². The van der Waals surface area contributed by atoms with Crippen molar-refractivity contribution in [3.05, 3.63) is 0 Å². The molecule has 5 nitrogen and oxygen atoms in total. The molecule has 0 aromatic heterocycles. The van der Waals surface area contributed by atoms with Gasteiger partial charge < -0.3 is 4.89 Å². The Morgan fingerprint density at radius 1 is 1.78 bits per heavy atom. The van der Waals surface area contributed by atoms with Gasteiger partial charge in [-0.3, -0.25) is 5.50 Å². The summed E-state index contributed by atoms with van der Waals surface area (Å²) in [5.74, 6) is 0. The predicted octanol–water partition coefficient (Wildman–Crippen LogP) is -0.862. The zero-order valence-corrected chi connectivity index (χ0v) is 7.04. The first-order valence-corrected chi connectivity index (χ1v) is 6.29. The largest absolute Gasteiger partial charge is 0.333 e. The van der Waals surface area contributed by atoms with Crippen molar-refractivity contribution in [1.29, 1.82) is 0 Å². The third-order valence-corrected chi connectivity index (χ3v) is 2.73. The van der Waals surface area contributed by atoms with Crippen LogP contribution in [0.15, 0.2) is 0 Å². The van der Waals surface area contributed by atoms with Crippen molar-refractivity contribution < 1.29 is 17.3 Å². The molecule has 0 heterocycles. The molecule has 0 fully saturated rings.